The summed E-state index contributed by atoms with van der Waals surface area (Å²) in [5, 5.41) is 12.5. The number of amides is 3. The van der Waals surface area contributed by atoms with Crippen molar-refractivity contribution in [3.8, 4) is 16.4 Å². The summed E-state index contributed by atoms with van der Waals surface area (Å²) < 4.78 is 2.68. The van der Waals surface area contributed by atoms with Crippen LogP contribution in [0.15, 0.2) is 82.8 Å². The third-order valence-electron chi connectivity index (χ3n) is 7.23. The number of carbonyl (C=O) groups is 2. The van der Waals surface area contributed by atoms with Crippen molar-refractivity contribution in [3.63, 3.8) is 0 Å². The molecule has 0 saturated carbocycles. The summed E-state index contributed by atoms with van der Waals surface area (Å²) in [6.45, 7) is 5.19. The molecule has 3 aromatic carbocycles. The van der Waals surface area contributed by atoms with E-state index in [2.05, 4.69) is 56.7 Å². The first-order chi connectivity index (χ1) is 19.4. The lowest BCUT2D eigenvalue weighted by atomic mass is 10.1. The number of rotatable bonds is 4. The third-order valence-corrected chi connectivity index (χ3v) is 8.57. The van der Waals surface area contributed by atoms with E-state index in [4.69, 9.17) is 4.98 Å². The zero-order valence-corrected chi connectivity index (χ0v) is 24.4. The molecule has 1 unspecified atom stereocenters. The summed E-state index contributed by atoms with van der Waals surface area (Å²) in [7, 11) is 0. The van der Waals surface area contributed by atoms with Gasteiger partial charge in [0.15, 0.2) is 0 Å². The number of urea groups is 1. The average Bonchev–Trinajstić information content (AvgIpc) is 3.60. The third kappa shape index (κ3) is 5.12. The number of anilines is 1. The summed E-state index contributed by atoms with van der Waals surface area (Å²) in [6.07, 6.45) is 1.62. The predicted octanol–water partition coefficient (Wildman–Crippen LogP) is 6.60. The Morgan fingerprint density at radius 3 is 2.58 bits per heavy atom. The number of thiazole rings is 1. The van der Waals surface area contributed by atoms with Crippen LogP contribution in [-0.4, -0.2) is 62.2 Å². The molecule has 1 fully saturated rings. The molecule has 10 heteroatoms. The first kappa shape index (κ1) is 26.2. The fourth-order valence-electron chi connectivity index (χ4n) is 5.00. The van der Waals surface area contributed by atoms with Crippen LogP contribution in [0, 0.1) is 6.92 Å². The summed E-state index contributed by atoms with van der Waals surface area (Å²) in [6, 6.07) is 21.7. The maximum absolute atomic E-state index is 13.5. The van der Waals surface area contributed by atoms with Gasteiger partial charge in [0.05, 0.1) is 23.1 Å². The van der Waals surface area contributed by atoms with Crippen LogP contribution < -0.4 is 5.32 Å². The van der Waals surface area contributed by atoms with Gasteiger partial charge in [0.1, 0.15) is 0 Å². The van der Waals surface area contributed by atoms with Crippen LogP contribution in [0.3, 0.4) is 0 Å². The van der Waals surface area contributed by atoms with E-state index in [-0.39, 0.29) is 18.0 Å². The minimum absolute atomic E-state index is 0.0881. The van der Waals surface area contributed by atoms with Crippen LogP contribution in [0.2, 0.25) is 0 Å². The summed E-state index contributed by atoms with van der Waals surface area (Å²) in [5.74, 6) is -0.0881. The van der Waals surface area contributed by atoms with Gasteiger partial charge in [-0.2, -0.15) is 5.10 Å². The van der Waals surface area contributed by atoms with Gasteiger partial charge in [-0.05, 0) is 55.0 Å². The number of benzene rings is 3. The quantitative estimate of drug-likeness (QED) is 0.247. The van der Waals surface area contributed by atoms with Crippen LogP contribution in [0.1, 0.15) is 23.0 Å². The highest BCUT2D eigenvalue weighted by atomic mass is 79.9. The lowest BCUT2D eigenvalue weighted by Gasteiger charge is -2.39. The van der Waals surface area contributed by atoms with Crippen molar-refractivity contribution in [2.24, 2.45) is 0 Å². The number of nitrogens with zero attached hydrogens (tertiary/aromatic N) is 5. The summed E-state index contributed by atoms with van der Waals surface area (Å²) in [4.78, 5) is 34.8. The highest BCUT2D eigenvalue weighted by Gasteiger charge is 2.31. The molecular formula is C30H27BrN6O2S. The van der Waals surface area contributed by atoms with Gasteiger partial charge in [-0.1, -0.05) is 52.3 Å². The maximum atomic E-state index is 13.5. The van der Waals surface area contributed by atoms with E-state index in [0.717, 1.165) is 32.5 Å². The van der Waals surface area contributed by atoms with E-state index in [0.29, 0.717) is 30.3 Å². The minimum Gasteiger partial charge on any atom is -0.335 e. The van der Waals surface area contributed by atoms with Gasteiger partial charge in [0.25, 0.3) is 5.91 Å². The molecule has 8 nitrogen and oxygen atoms in total. The largest absolute Gasteiger partial charge is 0.335 e. The Hall–Kier alpha value is -4.02. The van der Waals surface area contributed by atoms with E-state index in [1.807, 2.05) is 55.6 Å². The van der Waals surface area contributed by atoms with E-state index in [9.17, 15) is 9.59 Å². The highest BCUT2D eigenvalue weighted by molar-refractivity contribution is 9.10. The second-order valence-corrected chi connectivity index (χ2v) is 11.6. The molecule has 5 aromatic rings. The first-order valence-electron chi connectivity index (χ1n) is 13.0. The molecule has 3 heterocycles. The van der Waals surface area contributed by atoms with E-state index < -0.39 is 0 Å². The summed E-state index contributed by atoms with van der Waals surface area (Å²) >= 11 is 4.90. The minimum atomic E-state index is -0.170. The molecule has 0 spiro atoms. The molecule has 0 bridgehead atoms. The van der Waals surface area contributed by atoms with Crippen molar-refractivity contribution >= 4 is 55.7 Å². The molecule has 2 aromatic heterocycles. The fraction of sp³-hybridized carbons (Fsp3) is 0.200. The molecule has 1 N–H and O–H groups in total. The SMILES string of the molecule is Cc1c(C(=O)N2CCN(C(=O)Nc3ccc(Br)cc3)C(C)C2)cnn1-c1nc(-c2ccc3ccccc3c2)cs1. The molecule has 1 atom stereocenters. The normalized spacial score (nSPS) is 15.4. The number of aromatic nitrogens is 3. The van der Waals surface area contributed by atoms with Crippen molar-refractivity contribution in [1.29, 1.82) is 0 Å². The predicted molar refractivity (Wildman–Crippen MR) is 162 cm³/mol. The number of carbonyl (C=O) groups excluding carboxylic acids is 2. The Bertz CT molecular complexity index is 1710. The van der Waals surface area contributed by atoms with E-state index >= 15 is 0 Å². The molecule has 1 saturated heterocycles. The van der Waals surface area contributed by atoms with Gasteiger partial charge >= 0.3 is 6.03 Å². The zero-order valence-electron chi connectivity index (χ0n) is 22.0. The Kier molecular flexibility index (Phi) is 7.12. The van der Waals surface area contributed by atoms with Gasteiger partial charge in [0, 0.05) is 46.8 Å². The molecule has 0 aliphatic carbocycles. The number of hydrogen-bond donors (Lipinski definition) is 1. The Morgan fingerprint density at radius 1 is 1.02 bits per heavy atom. The molecule has 1 aliphatic heterocycles. The van der Waals surface area contributed by atoms with Crippen LogP contribution in [0.25, 0.3) is 27.2 Å². The molecule has 0 radical (unpaired) electrons. The van der Waals surface area contributed by atoms with Gasteiger partial charge < -0.3 is 15.1 Å². The van der Waals surface area contributed by atoms with E-state index in [1.54, 1.807) is 20.7 Å². The maximum Gasteiger partial charge on any atom is 0.322 e. The van der Waals surface area contributed by atoms with Crippen molar-refractivity contribution in [2.75, 3.05) is 25.0 Å². The van der Waals surface area contributed by atoms with Crippen molar-refractivity contribution in [1.82, 2.24) is 24.6 Å². The van der Waals surface area contributed by atoms with Crippen LogP contribution in [0.5, 0.6) is 0 Å². The molecular weight excluding hydrogens is 588 g/mol. The molecule has 6 rings (SSSR count). The smallest absolute Gasteiger partial charge is 0.322 e. The number of nitrogens with one attached hydrogen (secondary N) is 1. The zero-order chi connectivity index (χ0) is 27.8. The van der Waals surface area contributed by atoms with Crippen LogP contribution in [-0.2, 0) is 0 Å². The lowest BCUT2D eigenvalue weighted by Crippen LogP contribution is -2.56. The van der Waals surface area contributed by atoms with Gasteiger partial charge in [-0.25, -0.2) is 14.5 Å². The highest BCUT2D eigenvalue weighted by Crippen LogP contribution is 2.28. The fourth-order valence-corrected chi connectivity index (χ4v) is 6.10. The molecule has 40 heavy (non-hydrogen) atoms. The molecule has 1 aliphatic rings. The van der Waals surface area contributed by atoms with Crippen molar-refractivity contribution in [2.45, 2.75) is 19.9 Å². The van der Waals surface area contributed by atoms with Gasteiger partial charge in [-0.15, -0.1) is 11.3 Å². The van der Waals surface area contributed by atoms with E-state index in [1.165, 1.54) is 16.7 Å². The lowest BCUT2D eigenvalue weighted by molar-refractivity contribution is 0.0591. The number of hydrogen-bond acceptors (Lipinski definition) is 5. The van der Waals surface area contributed by atoms with Crippen molar-refractivity contribution in [3.05, 3.63) is 94.0 Å². The Labute approximate surface area is 244 Å². The standard InChI is InChI=1S/C30H27BrN6O2S/c1-19-17-35(13-14-36(19)29(39)33-25-11-9-24(31)10-12-25)28(38)26-16-32-37(20(26)2)30-34-27(18-40-30)23-8-7-21-5-3-4-6-22(21)15-23/h3-12,15-16,18-19H,13-14,17H2,1-2H3,(H,33,39). The number of halogens is 1. The topological polar surface area (TPSA) is 83.4 Å². The van der Waals surface area contributed by atoms with Gasteiger partial charge in [0.2, 0.25) is 5.13 Å². The Balaban J connectivity index is 1.14. The second-order valence-electron chi connectivity index (χ2n) is 9.86. The molecule has 3 amide bonds. The van der Waals surface area contributed by atoms with Gasteiger partial charge in [-0.3, -0.25) is 4.79 Å². The number of piperazine rings is 1. The van der Waals surface area contributed by atoms with Crippen LogP contribution in [0.4, 0.5) is 10.5 Å². The monoisotopic (exact) mass is 614 g/mol. The Morgan fingerprint density at radius 2 is 1.80 bits per heavy atom. The summed E-state index contributed by atoms with van der Waals surface area (Å²) in [5.41, 5.74) is 3.93. The molecule has 202 valence electrons. The number of fused-ring (bicyclic) bond motifs is 1. The average molecular weight is 616 g/mol. The first-order valence-corrected chi connectivity index (χ1v) is 14.7. The van der Waals surface area contributed by atoms with Crippen molar-refractivity contribution < 1.29 is 9.59 Å². The second kappa shape index (κ2) is 10.9. The van der Waals surface area contributed by atoms with Crippen LogP contribution >= 0.6 is 27.3 Å².